The van der Waals surface area contributed by atoms with Crippen molar-refractivity contribution in [2.45, 2.75) is 26.3 Å². The number of nitrogens with zero attached hydrogens (tertiary/aromatic N) is 2. The zero-order chi connectivity index (χ0) is 10.6. The topological polar surface area (TPSA) is 29.9 Å². The van der Waals surface area contributed by atoms with E-state index in [1.807, 2.05) is 31.9 Å². The van der Waals surface area contributed by atoms with Crippen LogP contribution in [-0.2, 0) is 7.05 Å². The summed E-state index contributed by atoms with van der Waals surface area (Å²) in [5, 5.41) is 7.47. The molecule has 0 aliphatic rings. The highest BCUT2D eigenvalue weighted by molar-refractivity contribution is 5.22. The molecule has 76 valence electrons. The fraction of sp³-hybridized carbons (Fsp3) is 0.545. The van der Waals surface area contributed by atoms with Crippen LogP contribution in [0.25, 0.3) is 0 Å². The van der Waals surface area contributed by atoms with Gasteiger partial charge in [-0.25, -0.2) is 0 Å². The van der Waals surface area contributed by atoms with E-state index < -0.39 is 0 Å². The lowest BCUT2D eigenvalue weighted by Crippen LogP contribution is -2.16. The molecule has 1 heterocycles. The van der Waals surface area contributed by atoms with Crippen molar-refractivity contribution in [1.82, 2.24) is 15.1 Å². The van der Waals surface area contributed by atoms with Crippen LogP contribution in [0, 0.1) is 18.8 Å². The van der Waals surface area contributed by atoms with E-state index in [1.165, 1.54) is 11.3 Å². The van der Waals surface area contributed by atoms with Crippen LogP contribution in [0.15, 0.2) is 6.20 Å². The lowest BCUT2D eigenvalue weighted by atomic mass is 10.1. The Morgan fingerprint density at radius 1 is 1.64 bits per heavy atom. The van der Waals surface area contributed by atoms with Gasteiger partial charge in [-0.3, -0.25) is 4.68 Å². The Kier molecular flexibility index (Phi) is 3.73. The van der Waals surface area contributed by atoms with Gasteiger partial charge < -0.3 is 5.32 Å². The number of aryl methyl sites for hydroxylation is 1. The predicted molar refractivity (Wildman–Crippen MR) is 57.8 cm³/mol. The second-order valence-electron chi connectivity index (χ2n) is 3.28. The zero-order valence-electron chi connectivity index (χ0n) is 9.26. The lowest BCUT2D eigenvalue weighted by Gasteiger charge is -2.12. The van der Waals surface area contributed by atoms with Gasteiger partial charge in [0.2, 0.25) is 0 Å². The largest absolute Gasteiger partial charge is 0.312 e. The molecule has 1 atom stereocenters. The number of rotatable bonds is 3. The van der Waals surface area contributed by atoms with Gasteiger partial charge in [0.05, 0.1) is 6.20 Å². The maximum absolute atomic E-state index is 4.22. The van der Waals surface area contributed by atoms with Gasteiger partial charge in [-0.15, -0.1) is 11.8 Å². The SMILES string of the molecule is CC#CCC(NC)c1cnn(C)c1C. The first-order valence-corrected chi connectivity index (χ1v) is 4.76. The minimum Gasteiger partial charge on any atom is -0.312 e. The van der Waals surface area contributed by atoms with Gasteiger partial charge in [-0.1, -0.05) is 0 Å². The Morgan fingerprint density at radius 2 is 2.36 bits per heavy atom. The van der Waals surface area contributed by atoms with Crippen LogP contribution in [0.5, 0.6) is 0 Å². The molecule has 0 radical (unpaired) electrons. The van der Waals surface area contributed by atoms with Crippen LogP contribution in [0.4, 0.5) is 0 Å². The fourth-order valence-electron chi connectivity index (χ4n) is 1.43. The average Bonchev–Trinajstić information content (AvgIpc) is 2.51. The van der Waals surface area contributed by atoms with Crippen molar-refractivity contribution in [2.75, 3.05) is 7.05 Å². The minimum absolute atomic E-state index is 0.288. The van der Waals surface area contributed by atoms with Crippen molar-refractivity contribution in [1.29, 1.82) is 0 Å². The van der Waals surface area contributed by atoms with Crippen molar-refractivity contribution in [3.05, 3.63) is 17.5 Å². The minimum atomic E-state index is 0.288. The second-order valence-corrected chi connectivity index (χ2v) is 3.28. The van der Waals surface area contributed by atoms with E-state index in [9.17, 15) is 0 Å². The summed E-state index contributed by atoms with van der Waals surface area (Å²) in [6, 6.07) is 0.288. The highest BCUT2D eigenvalue weighted by Gasteiger charge is 2.13. The third-order valence-corrected chi connectivity index (χ3v) is 2.48. The first-order chi connectivity index (χ1) is 6.70. The molecule has 0 spiro atoms. The molecule has 0 bridgehead atoms. The molecule has 3 heteroatoms. The van der Waals surface area contributed by atoms with Gasteiger partial charge in [0.25, 0.3) is 0 Å². The maximum Gasteiger partial charge on any atom is 0.0540 e. The quantitative estimate of drug-likeness (QED) is 0.732. The molecule has 0 aliphatic carbocycles. The Labute approximate surface area is 85.5 Å². The maximum atomic E-state index is 4.22. The molecule has 3 nitrogen and oxygen atoms in total. The van der Waals surface area contributed by atoms with E-state index in [1.54, 1.807) is 0 Å². The van der Waals surface area contributed by atoms with E-state index in [0.29, 0.717) is 0 Å². The van der Waals surface area contributed by atoms with Crippen LogP contribution in [0.3, 0.4) is 0 Å². The lowest BCUT2D eigenvalue weighted by molar-refractivity contribution is 0.605. The molecular formula is C11H17N3. The Bertz CT molecular complexity index is 354. The van der Waals surface area contributed by atoms with Crippen LogP contribution < -0.4 is 5.32 Å². The number of nitrogens with one attached hydrogen (secondary N) is 1. The number of aromatic nitrogens is 2. The summed E-state index contributed by atoms with van der Waals surface area (Å²) >= 11 is 0. The molecular weight excluding hydrogens is 174 g/mol. The summed E-state index contributed by atoms with van der Waals surface area (Å²) in [6.45, 7) is 3.94. The van der Waals surface area contributed by atoms with Gasteiger partial charge in [0.15, 0.2) is 0 Å². The smallest absolute Gasteiger partial charge is 0.0540 e. The third-order valence-electron chi connectivity index (χ3n) is 2.48. The highest BCUT2D eigenvalue weighted by Crippen LogP contribution is 2.18. The van der Waals surface area contributed by atoms with Crippen molar-refractivity contribution in [3.8, 4) is 11.8 Å². The first-order valence-electron chi connectivity index (χ1n) is 4.76. The van der Waals surface area contributed by atoms with E-state index >= 15 is 0 Å². The average molecular weight is 191 g/mol. The van der Waals surface area contributed by atoms with Gasteiger partial charge in [-0.05, 0) is 20.9 Å². The molecule has 1 aromatic heterocycles. The Morgan fingerprint density at radius 3 is 2.79 bits per heavy atom. The number of hydrogen-bond acceptors (Lipinski definition) is 2. The van der Waals surface area contributed by atoms with Crippen LogP contribution >= 0.6 is 0 Å². The van der Waals surface area contributed by atoms with Crippen LogP contribution in [0.2, 0.25) is 0 Å². The van der Waals surface area contributed by atoms with Crippen LogP contribution in [0.1, 0.15) is 30.6 Å². The first kappa shape index (κ1) is 10.8. The van der Waals surface area contributed by atoms with Gasteiger partial charge in [-0.2, -0.15) is 5.10 Å². The molecule has 1 aromatic rings. The van der Waals surface area contributed by atoms with Crippen molar-refractivity contribution >= 4 is 0 Å². The number of hydrogen-bond donors (Lipinski definition) is 1. The molecule has 1 rings (SSSR count). The molecule has 0 saturated carbocycles. The second kappa shape index (κ2) is 4.83. The van der Waals surface area contributed by atoms with E-state index in [0.717, 1.165) is 6.42 Å². The molecule has 1 N–H and O–H groups in total. The monoisotopic (exact) mass is 191 g/mol. The molecule has 0 fully saturated rings. The molecule has 0 amide bonds. The molecule has 0 saturated heterocycles. The zero-order valence-corrected chi connectivity index (χ0v) is 9.26. The van der Waals surface area contributed by atoms with E-state index in [2.05, 4.69) is 29.2 Å². The van der Waals surface area contributed by atoms with E-state index in [-0.39, 0.29) is 6.04 Å². The normalized spacial score (nSPS) is 12.0. The van der Waals surface area contributed by atoms with Crippen LogP contribution in [-0.4, -0.2) is 16.8 Å². The third kappa shape index (κ3) is 2.15. The molecule has 14 heavy (non-hydrogen) atoms. The van der Waals surface area contributed by atoms with Gasteiger partial charge in [0, 0.05) is 30.8 Å². The summed E-state index contributed by atoms with van der Waals surface area (Å²) in [5.74, 6) is 6.00. The van der Waals surface area contributed by atoms with E-state index in [4.69, 9.17) is 0 Å². The standard InChI is InChI=1S/C11H17N3/c1-5-6-7-11(12-3)10-8-13-14(4)9(10)2/h8,11-12H,7H2,1-4H3. The van der Waals surface area contributed by atoms with Crippen molar-refractivity contribution in [3.63, 3.8) is 0 Å². The highest BCUT2D eigenvalue weighted by atomic mass is 15.3. The van der Waals surface area contributed by atoms with Crippen molar-refractivity contribution < 1.29 is 0 Å². The molecule has 0 aromatic carbocycles. The summed E-state index contributed by atoms with van der Waals surface area (Å²) in [4.78, 5) is 0. The fourth-order valence-corrected chi connectivity index (χ4v) is 1.43. The van der Waals surface area contributed by atoms with Gasteiger partial charge >= 0.3 is 0 Å². The molecule has 0 aliphatic heterocycles. The Balaban J connectivity index is 2.87. The molecule has 1 unspecified atom stereocenters. The van der Waals surface area contributed by atoms with Gasteiger partial charge in [0.1, 0.15) is 0 Å². The summed E-state index contributed by atoms with van der Waals surface area (Å²) in [5.41, 5.74) is 2.43. The predicted octanol–water partition coefficient (Wildman–Crippen LogP) is 1.40. The summed E-state index contributed by atoms with van der Waals surface area (Å²) in [7, 11) is 3.91. The summed E-state index contributed by atoms with van der Waals surface area (Å²) in [6.07, 6.45) is 2.74. The summed E-state index contributed by atoms with van der Waals surface area (Å²) < 4.78 is 1.89. The Hall–Kier alpha value is -1.27. The van der Waals surface area contributed by atoms with Crippen molar-refractivity contribution in [2.24, 2.45) is 7.05 Å².